The van der Waals surface area contributed by atoms with E-state index in [0.29, 0.717) is 28.5 Å². The van der Waals surface area contributed by atoms with Gasteiger partial charge in [0, 0.05) is 23.6 Å². The maximum atomic E-state index is 12.6. The van der Waals surface area contributed by atoms with Crippen LogP contribution in [-0.4, -0.2) is 33.1 Å². The average molecular weight is 456 g/mol. The van der Waals surface area contributed by atoms with E-state index in [1.165, 1.54) is 7.11 Å². The Morgan fingerprint density at radius 2 is 1.85 bits per heavy atom. The number of nitrogens with one attached hydrogen (secondary N) is 2. The molecule has 172 valence electrons. The third-order valence-electron chi connectivity index (χ3n) is 5.26. The van der Waals surface area contributed by atoms with E-state index in [-0.39, 0.29) is 17.7 Å². The largest absolute Gasteiger partial charge is 0.504 e. The van der Waals surface area contributed by atoms with E-state index >= 15 is 0 Å². The monoisotopic (exact) mass is 455 g/mol. The predicted molar refractivity (Wildman–Crippen MR) is 131 cm³/mol. The highest BCUT2D eigenvalue weighted by Crippen LogP contribution is 2.31. The summed E-state index contributed by atoms with van der Waals surface area (Å²) >= 11 is 0. The Morgan fingerprint density at radius 1 is 1.03 bits per heavy atom. The number of hydrogen-bond donors (Lipinski definition) is 3. The third-order valence-corrected chi connectivity index (χ3v) is 5.26. The molecule has 1 unspecified atom stereocenters. The minimum atomic E-state index is -0.211. The highest BCUT2D eigenvalue weighted by atomic mass is 16.5. The maximum absolute atomic E-state index is 12.6. The molecule has 1 amide bonds. The lowest BCUT2D eigenvalue weighted by Crippen LogP contribution is -2.13. The standard InChI is InChI=1S/C26H25N5O3/c1-16-9-20(13-27-12-16)26(33)30-21-6-4-5-18(10-21)17(2)29-25-15-28-14-22(31-25)19-7-8-23(32)24(11-19)34-3/h4-15,17,32H,1-3H3,(H,29,31)(H,30,33). The summed E-state index contributed by atoms with van der Waals surface area (Å²) in [5, 5.41) is 16.1. The van der Waals surface area contributed by atoms with Crippen LogP contribution in [0, 0.1) is 6.92 Å². The predicted octanol–water partition coefficient (Wildman–Crippen LogP) is 4.99. The Balaban J connectivity index is 1.48. The summed E-state index contributed by atoms with van der Waals surface area (Å²) in [7, 11) is 1.50. The minimum absolute atomic E-state index is 0.0627. The van der Waals surface area contributed by atoms with Crippen LogP contribution in [0.1, 0.15) is 34.5 Å². The molecule has 0 spiro atoms. The van der Waals surface area contributed by atoms with E-state index in [1.807, 2.05) is 38.1 Å². The summed E-state index contributed by atoms with van der Waals surface area (Å²) in [5.41, 5.74) is 4.51. The molecule has 3 N–H and O–H groups in total. The lowest BCUT2D eigenvalue weighted by molar-refractivity contribution is 0.102. The van der Waals surface area contributed by atoms with Crippen LogP contribution in [0.5, 0.6) is 11.5 Å². The van der Waals surface area contributed by atoms with Crippen LogP contribution in [0.4, 0.5) is 11.5 Å². The number of benzene rings is 2. The number of anilines is 2. The van der Waals surface area contributed by atoms with Crippen molar-refractivity contribution in [2.75, 3.05) is 17.7 Å². The van der Waals surface area contributed by atoms with E-state index < -0.39 is 0 Å². The van der Waals surface area contributed by atoms with Gasteiger partial charge in [0.25, 0.3) is 5.91 Å². The number of rotatable bonds is 7. The molecule has 4 aromatic rings. The number of aromatic nitrogens is 3. The van der Waals surface area contributed by atoms with Gasteiger partial charge >= 0.3 is 0 Å². The molecule has 0 aliphatic heterocycles. The molecule has 1 atom stereocenters. The van der Waals surface area contributed by atoms with E-state index in [0.717, 1.165) is 16.7 Å². The first-order chi connectivity index (χ1) is 16.4. The first-order valence-corrected chi connectivity index (χ1v) is 10.7. The molecular weight excluding hydrogens is 430 g/mol. The minimum Gasteiger partial charge on any atom is -0.504 e. The molecule has 2 aromatic carbocycles. The van der Waals surface area contributed by atoms with Crippen LogP contribution in [0.15, 0.2) is 73.3 Å². The van der Waals surface area contributed by atoms with Crippen molar-refractivity contribution >= 4 is 17.4 Å². The third kappa shape index (κ3) is 5.29. The van der Waals surface area contributed by atoms with Crippen molar-refractivity contribution in [3.63, 3.8) is 0 Å². The van der Waals surface area contributed by atoms with Gasteiger partial charge in [-0.3, -0.25) is 14.8 Å². The van der Waals surface area contributed by atoms with Crippen LogP contribution >= 0.6 is 0 Å². The zero-order valence-corrected chi connectivity index (χ0v) is 19.1. The molecule has 0 saturated heterocycles. The first kappa shape index (κ1) is 22.7. The molecule has 2 aromatic heterocycles. The van der Waals surface area contributed by atoms with Gasteiger partial charge in [0.15, 0.2) is 11.5 Å². The van der Waals surface area contributed by atoms with Crippen LogP contribution in [0.2, 0.25) is 0 Å². The zero-order valence-electron chi connectivity index (χ0n) is 19.1. The first-order valence-electron chi connectivity index (χ1n) is 10.7. The van der Waals surface area contributed by atoms with Crippen LogP contribution in [0.3, 0.4) is 0 Å². The SMILES string of the molecule is COc1cc(-c2cncc(NC(C)c3cccc(NC(=O)c4cncc(C)c4)c3)n2)ccc1O. The quantitative estimate of drug-likeness (QED) is 0.360. The summed E-state index contributed by atoms with van der Waals surface area (Å²) in [6.07, 6.45) is 6.55. The molecule has 0 radical (unpaired) electrons. The average Bonchev–Trinajstić information content (AvgIpc) is 2.84. The molecule has 0 saturated carbocycles. The number of carbonyl (C=O) groups is 1. The Morgan fingerprint density at radius 3 is 2.65 bits per heavy atom. The highest BCUT2D eigenvalue weighted by Gasteiger charge is 2.12. The second kappa shape index (κ2) is 9.99. The van der Waals surface area contributed by atoms with E-state index in [2.05, 4.69) is 25.6 Å². The van der Waals surface area contributed by atoms with E-state index in [1.54, 1.807) is 49.1 Å². The van der Waals surface area contributed by atoms with E-state index in [4.69, 9.17) is 4.74 Å². The van der Waals surface area contributed by atoms with Gasteiger partial charge in [-0.2, -0.15) is 0 Å². The van der Waals surface area contributed by atoms with Gasteiger partial charge in [-0.1, -0.05) is 12.1 Å². The molecule has 4 rings (SSSR count). The lowest BCUT2D eigenvalue weighted by Gasteiger charge is -2.17. The lowest BCUT2D eigenvalue weighted by atomic mass is 10.1. The topological polar surface area (TPSA) is 109 Å². The van der Waals surface area contributed by atoms with Crippen LogP contribution < -0.4 is 15.4 Å². The number of ether oxygens (including phenoxy) is 1. The number of carbonyl (C=O) groups excluding carboxylic acids is 1. The molecule has 8 nitrogen and oxygen atoms in total. The molecule has 0 aliphatic rings. The number of phenols is 1. The summed E-state index contributed by atoms with van der Waals surface area (Å²) < 4.78 is 5.19. The van der Waals surface area contributed by atoms with Crippen LogP contribution in [-0.2, 0) is 0 Å². The fraction of sp³-hybridized carbons (Fsp3) is 0.154. The summed E-state index contributed by atoms with van der Waals surface area (Å²) in [6.45, 7) is 3.90. The number of nitrogens with zero attached hydrogens (tertiary/aromatic N) is 3. The van der Waals surface area contributed by atoms with Crippen molar-refractivity contribution in [1.82, 2.24) is 15.0 Å². The number of amides is 1. The van der Waals surface area contributed by atoms with Crippen molar-refractivity contribution in [3.8, 4) is 22.8 Å². The number of aryl methyl sites for hydroxylation is 1. The van der Waals surface area contributed by atoms with Gasteiger partial charge in [-0.15, -0.1) is 0 Å². The summed E-state index contributed by atoms with van der Waals surface area (Å²) in [6, 6.07) is 14.4. The fourth-order valence-electron chi connectivity index (χ4n) is 3.48. The van der Waals surface area contributed by atoms with Gasteiger partial charge in [-0.05, 0) is 61.4 Å². The number of hydrogen-bond acceptors (Lipinski definition) is 7. The highest BCUT2D eigenvalue weighted by molar-refractivity contribution is 6.04. The molecule has 8 heteroatoms. The Labute approximate surface area is 197 Å². The molecular formula is C26H25N5O3. The van der Waals surface area contributed by atoms with Crippen molar-refractivity contribution in [2.24, 2.45) is 0 Å². The Bertz CT molecular complexity index is 1330. The number of phenolic OH excluding ortho intramolecular Hbond substituents is 1. The number of pyridine rings is 1. The molecule has 0 bridgehead atoms. The van der Waals surface area contributed by atoms with Crippen molar-refractivity contribution < 1.29 is 14.6 Å². The maximum Gasteiger partial charge on any atom is 0.257 e. The number of methoxy groups -OCH3 is 1. The van der Waals surface area contributed by atoms with Crippen molar-refractivity contribution in [1.29, 1.82) is 0 Å². The van der Waals surface area contributed by atoms with Gasteiger partial charge in [0.05, 0.1) is 36.8 Å². The van der Waals surface area contributed by atoms with Crippen molar-refractivity contribution in [2.45, 2.75) is 19.9 Å². The second-order valence-electron chi connectivity index (χ2n) is 7.87. The Kier molecular flexibility index (Phi) is 6.68. The van der Waals surface area contributed by atoms with Crippen molar-refractivity contribution in [3.05, 3.63) is 90.0 Å². The van der Waals surface area contributed by atoms with Gasteiger partial charge < -0.3 is 20.5 Å². The molecule has 2 heterocycles. The Hall–Kier alpha value is -4.46. The summed E-state index contributed by atoms with van der Waals surface area (Å²) in [5.74, 6) is 0.813. The zero-order chi connectivity index (χ0) is 24.1. The van der Waals surface area contributed by atoms with Gasteiger partial charge in [0.1, 0.15) is 5.82 Å². The second-order valence-corrected chi connectivity index (χ2v) is 7.87. The van der Waals surface area contributed by atoms with Gasteiger partial charge in [0.2, 0.25) is 0 Å². The van der Waals surface area contributed by atoms with Gasteiger partial charge in [-0.25, -0.2) is 4.98 Å². The molecule has 34 heavy (non-hydrogen) atoms. The fourth-order valence-corrected chi connectivity index (χ4v) is 3.48. The van der Waals surface area contributed by atoms with Crippen LogP contribution in [0.25, 0.3) is 11.3 Å². The molecule has 0 fully saturated rings. The van der Waals surface area contributed by atoms with E-state index in [9.17, 15) is 9.90 Å². The molecule has 0 aliphatic carbocycles. The normalized spacial score (nSPS) is 11.5. The summed E-state index contributed by atoms with van der Waals surface area (Å²) in [4.78, 5) is 25.6. The smallest absolute Gasteiger partial charge is 0.257 e. The number of aromatic hydroxyl groups is 1.